The summed E-state index contributed by atoms with van der Waals surface area (Å²) < 4.78 is 29.8. The number of hydrogen-bond acceptors (Lipinski definition) is 4. The van der Waals surface area contributed by atoms with Crippen molar-refractivity contribution in [1.29, 1.82) is 0 Å². The standard InChI is InChI=1S/C34H34BrCl2N3O4S/c1-34(2,3)38-33(42)31(20-24-11-6-4-7-12-24)39(22-25-17-18-29(36)30(37)19-25)32(41)23-40(27-14-10-13-26(35)21-27)45(43,44)28-15-8-5-9-16-28/h4-19,21,31H,20,22-23H2,1-3H3,(H,38,42). The highest BCUT2D eigenvalue weighted by atomic mass is 79.9. The van der Waals surface area contributed by atoms with Crippen molar-refractivity contribution < 1.29 is 18.0 Å². The maximum Gasteiger partial charge on any atom is 0.264 e. The van der Waals surface area contributed by atoms with Crippen molar-refractivity contribution in [3.05, 3.63) is 129 Å². The summed E-state index contributed by atoms with van der Waals surface area (Å²) in [5, 5.41) is 3.65. The van der Waals surface area contributed by atoms with Gasteiger partial charge in [0.2, 0.25) is 11.8 Å². The third-order valence-corrected chi connectivity index (χ3v) is 9.83. The van der Waals surface area contributed by atoms with Gasteiger partial charge >= 0.3 is 0 Å². The van der Waals surface area contributed by atoms with Gasteiger partial charge in [0.05, 0.1) is 20.6 Å². The molecule has 1 atom stereocenters. The van der Waals surface area contributed by atoms with Crippen molar-refractivity contribution in [1.82, 2.24) is 10.2 Å². The molecule has 0 fully saturated rings. The van der Waals surface area contributed by atoms with Gasteiger partial charge in [-0.05, 0) is 74.4 Å². The van der Waals surface area contributed by atoms with Crippen LogP contribution in [0.5, 0.6) is 0 Å². The lowest BCUT2D eigenvalue weighted by Gasteiger charge is -2.35. The highest BCUT2D eigenvalue weighted by Gasteiger charge is 2.35. The van der Waals surface area contributed by atoms with Crippen LogP contribution in [-0.2, 0) is 32.6 Å². The molecule has 236 valence electrons. The van der Waals surface area contributed by atoms with Crippen LogP contribution in [0.4, 0.5) is 5.69 Å². The highest BCUT2D eigenvalue weighted by molar-refractivity contribution is 9.10. The van der Waals surface area contributed by atoms with E-state index < -0.39 is 34.1 Å². The zero-order valence-corrected chi connectivity index (χ0v) is 29.0. The van der Waals surface area contributed by atoms with E-state index in [1.54, 1.807) is 60.7 Å². The summed E-state index contributed by atoms with van der Waals surface area (Å²) in [4.78, 5) is 29.9. The van der Waals surface area contributed by atoms with Gasteiger partial charge in [-0.25, -0.2) is 8.42 Å². The second-order valence-electron chi connectivity index (χ2n) is 11.5. The van der Waals surface area contributed by atoms with Crippen molar-refractivity contribution >= 4 is 66.7 Å². The minimum absolute atomic E-state index is 0.0253. The van der Waals surface area contributed by atoms with Crippen LogP contribution in [0.2, 0.25) is 10.0 Å². The van der Waals surface area contributed by atoms with E-state index in [1.807, 2.05) is 51.1 Å². The van der Waals surface area contributed by atoms with Crippen molar-refractivity contribution in [2.45, 2.75) is 50.2 Å². The van der Waals surface area contributed by atoms with Crippen molar-refractivity contribution in [2.75, 3.05) is 10.8 Å². The number of amides is 2. The van der Waals surface area contributed by atoms with Crippen LogP contribution >= 0.6 is 39.1 Å². The number of anilines is 1. The average molecular weight is 732 g/mol. The van der Waals surface area contributed by atoms with Crippen LogP contribution in [-0.4, -0.2) is 43.3 Å². The lowest BCUT2D eigenvalue weighted by atomic mass is 10.0. The number of rotatable bonds is 11. The van der Waals surface area contributed by atoms with Crippen molar-refractivity contribution in [2.24, 2.45) is 0 Å². The predicted octanol–water partition coefficient (Wildman–Crippen LogP) is 7.51. The number of nitrogens with one attached hydrogen (secondary N) is 1. The molecule has 2 amide bonds. The summed E-state index contributed by atoms with van der Waals surface area (Å²) >= 11 is 15.9. The molecule has 0 bridgehead atoms. The molecular formula is C34H34BrCl2N3O4S. The summed E-state index contributed by atoms with van der Waals surface area (Å²) in [5.41, 5.74) is 1.15. The molecule has 0 aliphatic heterocycles. The van der Waals surface area contributed by atoms with E-state index in [-0.39, 0.29) is 29.5 Å². The van der Waals surface area contributed by atoms with Gasteiger partial charge in [0, 0.05) is 23.0 Å². The second-order valence-corrected chi connectivity index (χ2v) is 15.1. The van der Waals surface area contributed by atoms with Crippen LogP contribution in [0.1, 0.15) is 31.9 Å². The molecule has 0 aromatic heterocycles. The van der Waals surface area contributed by atoms with E-state index in [0.717, 1.165) is 9.87 Å². The molecule has 0 saturated heterocycles. The molecule has 0 spiro atoms. The fourth-order valence-corrected chi connectivity index (χ4v) is 6.86. The van der Waals surface area contributed by atoms with Gasteiger partial charge in [-0.1, -0.05) is 99.8 Å². The Morgan fingerprint density at radius 1 is 0.822 bits per heavy atom. The van der Waals surface area contributed by atoms with Crippen LogP contribution in [0.25, 0.3) is 0 Å². The van der Waals surface area contributed by atoms with E-state index in [4.69, 9.17) is 23.2 Å². The summed E-state index contributed by atoms with van der Waals surface area (Å²) in [6.45, 7) is 4.98. The Kier molecular flexibility index (Phi) is 11.4. The summed E-state index contributed by atoms with van der Waals surface area (Å²) in [6.07, 6.45) is 0.193. The monoisotopic (exact) mass is 729 g/mol. The first-order chi connectivity index (χ1) is 21.2. The van der Waals surface area contributed by atoms with Gasteiger partial charge < -0.3 is 10.2 Å². The van der Waals surface area contributed by atoms with Gasteiger partial charge in [0.1, 0.15) is 12.6 Å². The fraction of sp³-hybridized carbons (Fsp3) is 0.235. The first kappa shape index (κ1) is 34.5. The largest absolute Gasteiger partial charge is 0.350 e. The number of hydrogen-bond donors (Lipinski definition) is 1. The van der Waals surface area contributed by atoms with Gasteiger partial charge in [-0.3, -0.25) is 13.9 Å². The smallest absolute Gasteiger partial charge is 0.264 e. The molecule has 0 heterocycles. The zero-order chi connectivity index (χ0) is 32.8. The summed E-state index contributed by atoms with van der Waals surface area (Å²) in [7, 11) is -4.19. The molecule has 0 aliphatic carbocycles. The quantitative estimate of drug-likeness (QED) is 0.173. The molecule has 0 saturated carbocycles. The van der Waals surface area contributed by atoms with Crippen LogP contribution in [0.3, 0.4) is 0 Å². The van der Waals surface area contributed by atoms with Crippen LogP contribution in [0, 0.1) is 0 Å². The first-order valence-electron chi connectivity index (χ1n) is 14.2. The third-order valence-electron chi connectivity index (χ3n) is 6.81. The van der Waals surface area contributed by atoms with Crippen molar-refractivity contribution in [3.8, 4) is 0 Å². The Hall–Kier alpha value is -3.37. The third kappa shape index (κ3) is 9.33. The number of nitrogens with zero attached hydrogens (tertiary/aromatic N) is 2. The highest BCUT2D eigenvalue weighted by Crippen LogP contribution is 2.28. The molecule has 11 heteroatoms. The molecule has 4 rings (SSSR count). The molecule has 0 radical (unpaired) electrons. The average Bonchev–Trinajstić information content (AvgIpc) is 2.99. The minimum Gasteiger partial charge on any atom is -0.350 e. The number of benzene rings is 4. The van der Waals surface area contributed by atoms with E-state index in [2.05, 4.69) is 21.2 Å². The van der Waals surface area contributed by atoms with Gasteiger partial charge in [0.25, 0.3) is 10.0 Å². The number of halogens is 3. The SMILES string of the molecule is CC(C)(C)NC(=O)C(Cc1ccccc1)N(Cc1ccc(Cl)c(Cl)c1)C(=O)CN(c1cccc(Br)c1)S(=O)(=O)c1ccccc1. The Balaban J connectivity index is 1.83. The Labute approximate surface area is 283 Å². The molecule has 4 aromatic carbocycles. The maximum absolute atomic E-state index is 14.5. The molecular weight excluding hydrogens is 697 g/mol. The fourth-order valence-electron chi connectivity index (χ4n) is 4.72. The zero-order valence-electron chi connectivity index (χ0n) is 25.1. The van der Waals surface area contributed by atoms with Crippen LogP contribution in [0.15, 0.2) is 112 Å². The molecule has 45 heavy (non-hydrogen) atoms. The van der Waals surface area contributed by atoms with Gasteiger partial charge in [-0.2, -0.15) is 0 Å². The molecule has 4 aromatic rings. The molecule has 1 N–H and O–H groups in total. The predicted molar refractivity (Wildman–Crippen MR) is 184 cm³/mol. The Morgan fingerprint density at radius 2 is 1.47 bits per heavy atom. The number of carbonyl (C=O) groups excluding carboxylic acids is 2. The normalized spacial score (nSPS) is 12.3. The van der Waals surface area contributed by atoms with Gasteiger partial charge in [-0.15, -0.1) is 0 Å². The minimum atomic E-state index is -4.19. The van der Waals surface area contributed by atoms with Crippen LogP contribution < -0.4 is 9.62 Å². The second kappa shape index (κ2) is 14.8. The topological polar surface area (TPSA) is 86.8 Å². The van der Waals surface area contributed by atoms with Crippen molar-refractivity contribution in [3.63, 3.8) is 0 Å². The molecule has 1 unspecified atom stereocenters. The lowest BCUT2D eigenvalue weighted by Crippen LogP contribution is -2.56. The molecule has 7 nitrogen and oxygen atoms in total. The maximum atomic E-state index is 14.5. The Bertz CT molecular complexity index is 1750. The number of carbonyl (C=O) groups is 2. The summed E-state index contributed by atoms with van der Waals surface area (Å²) in [5.74, 6) is -0.953. The van der Waals surface area contributed by atoms with E-state index in [0.29, 0.717) is 20.1 Å². The van der Waals surface area contributed by atoms with E-state index >= 15 is 0 Å². The first-order valence-corrected chi connectivity index (χ1v) is 17.2. The lowest BCUT2D eigenvalue weighted by molar-refractivity contribution is -0.140. The summed E-state index contributed by atoms with van der Waals surface area (Å²) in [6, 6.07) is 28.0. The number of sulfonamides is 1. The van der Waals surface area contributed by atoms with E-state index in [1.165, 1.54) is 17.0 Å². The van der Waals surface area contributed by atoms with E-state index in [9.17, 15) is 18.0 Å². The molecule has 0 aliphatic rings. The Morgan fingerprint density at radius 3 is 2.07 bits per heavy atom. The van der Waals surface area contributed by atoms with Gasteiger partial charge in [0.15, 0.2) is 0 Å².